The summed E-state index contributed by atoms with van der Waals surface area (Å²) < 4.78 is 5.07. The van der Waals surface area contributed by atoms with Gasteiger partial charge in [0.05, 0.1) is 6.04 Å². The van der Waals surface area contributed by atoms with Gasteiger partial charge in [-0.3, -0.25) is 4.79 Å². The smallest absolute Gasteiger partial charge is 0.236 e. The van der Waals surface area contributed by atoms with Gasteiger partial charge in [-0.2, -0.15) is 0 Å². The maximum atomic E-state index is 11.6. The standard InChI is InChI=1S/C12H24N2O2/c1-3-4-10(13)11(15)14-9-12(5-6-12)7-8-16-2/h10H,3-9,13H2,1-2H3,(H,14,15)/t10-/m0/s1. The van der Waals surface area contributed by atoms with Crippen molar-refractivity contribution in [3.05, 3.63) is 0 Å². The fraction of sp³-hybridized carbons (Fsp3) is 0.917. The van der Waals surface area contributed by atoms with Gasteiger partial charge in [-0.05, 0) is 31.1 Å². The summed E-state index contributed by atoms with van der Waals surface area (Å²) in [7, 11) is 1.71. The van der Waals surface area contributed by atoms with Crippen LogP contribution in [0.4, 0.5) is 0 Å². The highest BCUT2D eigenvalue weighted by molar-refractivity contribution is 5.81. The Bertz CT molecular complexity index is 227. The Hall–Kier alpha value is -0.610. The zero-order valence-corrected chi connectivity index (χ0v) is 10.4. The van der Waals surface area contributed by atoms with E-state index in [0.29, 0.717) is 5.41 Å². The molecular weight excluding hydrogens is 204 g/mol. The minimum atomic E-state index is -0.344. The molecule has 0 saturated heterocycles. The van der Waals surface area contributed by atoms with Crippen LogP contribution in [0.2, 0.25) is 0 Å². The van der Waals surface area contributed by atoms with Gasteiger partial charge in [-0.1, -0.05) is 13.3 Å². The summed E-state index contributed by atoms with van der Waals surface area (Å²) in [6.45, 7) is 3.57. The predicted octanol–water partition coefficient (Wildman–Crippen LogP) is 1.05. The summed E-state index contributed by atoms with van der Waals surface area (Å²) in [5.41, 5.74) is 6.04. The van der Waals surface area contributed by atoms with E-state index in [-0.39, 0.29) is 11.9 Å². The third kappa shape index (κ3) is 4.10. The van der Waals surface area contributed by atoms with Crippen molar-refractivity contribution in [2.75, 3.05) is 20.3 Å². The third-order valence-corrected chi connectivity index (χ3v) is 3.37. The predicted molar refractivity (Wildman–Crippen MR) is 64.1 cm³/mol. The number of methoxy groups -OCH3 is 1. The van der Waals surface area contributed by atoms with Crippen molar-refractivity contribution in [3.63, 3.8) is 0 Å². The zero-order valence-electron chi connectivity index (χ0n) is 10.4. The number of hydrogen-bond acceptors (Lipinski definition) is 3. The molecule has 0 aromatic rings. The van der Waals surface area contributed by atoms with E-state index in [2.05, 4.69) is 5.32 Å². The molecule has 0 bridgehead atoms. The molecule has 0 radical (unpaired) electrons. The van der Waals surface area contributed by atoms with Crippen LogP contribution in [0.1, 0.15) is 39.0 Å². The maximum Gasteiger partial charge on any atom is 0.236 e. The highest BCUT2D eigenvalue weighted by Gasteiger charge is 2.42. The molecule has 0 heterocycles. The second-order valence-corrected chi connectivity index (χ2v) is 4.86. The molecule has 1 amide bonds. The van der Waals surface area contributed by atoms with E-state index in [4.69, 9.17) is 10.5 Å². The van der Waals surface area contributed by atoms with Crippen LogP contribution in [0, 0.1) is 5.41 Å². The van der Waals surface area contributed by atoms with E-state index in [1.807, 2.05) is 6.92 Å². The van der Waals surface area contributed by atoms with Crippen molar-refractivity contribution in [1.82, 2.24) is 5.32 Å². The van der Waals surface area contributed by atoms with Crippen molar-refractivity contribution in [3.8, 4) is 0 Å². The Balaban J connectivity index is 2.21. The molecule has 1 aliphatic rings. The highest BCUT2D eigenvalue weighted by Crippen LogP contribution is 2.48. The van der Waals surface area contributed by atoms with Gasteiger partial charge in [0.15, 0.2) is 0 Å². The minimum absolute atomic E-state index is 0.00876. The van der Waals surface area contributed by atoms with Crippen LogP contribution in [-0.4, -0.2) is 32.2 Å². The first-order chi connectivity index (χ1) is 7.63. The third-order valence-electron chi connectivity index (χ3n) is 3.37. The summed E-state index contributed by atoms with van der Waals surface area (Å²) >= 11 is 0. The van der Waals surface area contributed by atoms with Crippen molar-refractivity contribution in [2.24, 2.45) is 11.1 Å². The number of rotatable bonds is 8. The Morgan fingerprint density at radius 3 is 2.75 bits per heavy atom. The molecule has 3 N–H and O–H groups in total. The second-order valence-electron chi connectivity index (χ2n) is 4.86. The Morgan fingerprint density at radius 2 is 2.25 bits per heavy atom. The molecule has 4 nitrogen and oxygen atoms in total. The zero-order chi connectivity index (χ0) is 12.0. The summed E-state index contributed by atoms with van der Waals surface area (Å²) in [5.74, 6) is -0.00876. The van der Waals surface area contributed by atoms with Gasteiger partial charge < -0.3 is 15.8 Å². The van der Waals surface area contributed by atoms with Crippen LogP contribution in [-0.2, 0) is 9.53 Å². The van der Waals surface area contributed by atoms with E-state index >= 15 is 0 Å². The number of carbonyl (C=O) groups excluding carboxylic acids is 1. The Labute approximate surface area is 97.9 Å². The SMILES string of the molecule is CCC[C@H](N)C(=O)NCC1(CCOC)CC1. The van der Waals surface area contributed by atoms with Gasteiger partial charge in [0.2, 0.25) is 5.91 Å². The van der Waals surface area contributed by atoms with Crippen LogP contribution >= 0.6 is 0 Å². The van der Waals surface area contributed by atoms with Gasteiger partial charge in [-0.15, -0.1) is 0 Å². The fourth-order valence-corrected chi connectivity index (χ4v) is 1.86. The fourth-order valence-electron chi connectivity index (χ4n) is 1.86. The van der Waals surface area contributed by atoms with Gasteiger partial charge in [-0.25, -0.2) is 0 Å². The topological polar surface area (TPSA) is 64.4 Å². The number of hydrogen-bond donors (Lipinski definition) is 2. The summed E-state index contributed by atoms with van der Waals surface area (Å²) in [6, 6.07) is -0.344. The van der Waals surface area contributed by atoms with E-state index in [1.54, 1.807) is 7.11 Å². The number of nitrogens with one attached hydrogen (secondary N) is 1. The maximum absolute atomic E-state index is 11.6. The number of nitrogens with two attached hydrogens (primary N) is 1. The van der Waals surface area contributed by atoms with Crippen molar-refractivity contribution in [2.45, 2.75) is 45.1 Å². The monoisotopic (exact) mass is 228 g/mol. The molecule has 94 valence electrons. The molecule has 0 spiro atoms. The molecule has 0 unspecified atom stereocenters. The van der Waals surface area contributed by atoms with Gasteiger partial charge >= 0.3 is 0 Å². The van der Waals surface area contributed by atoms with Crippen molar-refractivity contribution < 1.29 is 9.53 Å². The molecule has 1 atom stereocenters. The molecule has 1 saturated carbocycles. The Morgan fingerprint density at radius 1 is 1.56 bits per heavy atom. The summed E-state index contributed by atoms with van der Waals surface area (Å²) in [5, 5.41) is 2.96. The first kappa shape index (κ1) is 13.5. The molecule has 0 aliphatic heterocycles. The second kappa shape index (κ2) is 6.21. The number of ether oxygens (including phenoxy) is 1. The van der Waals surface area contributed by atoms with E-state index in [1.165, 1.54) is 12.8 Å². The molecule has 0 aromatic carbocycles. The lowest BCUT2D eigenvalue weighted by atomic mass is 10.0. The molecule has 4 heteroatoms. The Kier molecular flexibility index (Phi) is 5.22. The minimum Gasteiger partial charge on any atom is -0.385 e. The van der Waals surface area contributed by atoms with E-state index in [0.717, 1.165) is 32.4 Å². The average molecular weight is 228 g/mol. The van der Waals surface area contributed by atoms with Gasteiger partial charge in [0, 0.05) is 20.3 Å². The highest BCUT2D eigenvalue weighted by atomic mass is 16.5. The molecule has 0 aromatic heterocycles. The average Bonchev–Trinajstić information content (AvgIpc) is 3.04. The van der Waals surface area contributed by atoms with Crippen molar-refractivity contribution in [1.29, 1.82) is 0 Å². The lowest BCUT2D eigenvalue weighted by molar-refractivity contribution is -0.122. The van der Waals surface area contributed by atoms with Gasteiger partial charge in [0.1, 0.15) is 0 Å². The lowest BCUT2D eigenvalue weighted by Gasteiger charge is -2.17. The number of amides is 1. The van der Waals surface area contributed by atoms with E-state index < -0.39 is 0 Å². The van der Waals surface area contributed by atoms with E-state index in [9.17, 15) is 4.79 Å². The normalized spacial score (nSPS) is 19.2. The quantitative estimate of drug-likeness (QED) is 0.652. The van der Waals surface area contributed by atoms with Crippen molar-refractivity contribution >= 4 is 5.91 Å². The molecule has 16 heavy (non-hydrogen) atoms. The van der Waals surface area contributed by atoms with Crippen LogP contribution in [0.5, 0.6) is 0 Å². The van der Waals surface area contributed by atoms with Crippen LogP contribution in [0.3, 0.4) is 0 Å². The molecule has 1 rings (SSSR count). The number of carbonyl (C=O) groups is 1. The molecular formula is C12H24N2O2. The van der Waals surface area contributed by atoms with Crippen LogP contribution in [0.25, 0.3) is 0 Å². The summed E-state index contributed by atoms with van der Waals surface area (Å²) in [4.78, 5) is 11.6. The van der Waals surface area contributed by atoms with Crippen LogP contribution in [0.15, 0.2) is 0 Å². The first-order valence-electron chi connectivity index (χ1n) is 6.16. The lowest BCUT2D eigenvalue weighted by Crippen LogP contribution is -2.42. The largest absolute Gasteiger partial charge is 0.385 e. The molecule has 1 fully saturated rings. The first-order valence-corrected chi connectivity index (χ1v) is 6.16. The summed E-state index contributed by atoms with van der Waals surface area (Å²) in [6.07, 6.45) is 5.13. The van der Waals surface area contributed by atoms with Gasteiger partial charge in [0.25, 0.3) is 0 Å². The molecule has 1 aliphatic carbocycles. The van der Waals surface area contributed by atoms with Crippen LogP contribution < -0.4 is 11.1 Å².